The van der Waals surface area contributed by atoms with Crippen molar-refractivity contribution >= 4 is 27.8 Å². The molecule has 0 spiro atoms. The van der Waals surface area contributed by atoms with E-state index in [0.717, 1.165) is 33.9 Å². The second-order valence-electron chi connectivity index (χ2n) is 9.83. The molecule has 0 saturated carbocycles. The summed E-state index contributed by atoms with van der Waals surface area (Å²) in [7, 11) is -3.56. The molecule has 3 rings (SSSR count). The van der Waals surface area contributed by atoms with Crippen LogP contribution in [0.25, 0.3) is 11.3 Å². The van der Waals surface area contributed by atoms with Crippen molar-refractivity contribution in [1.29, 1.82) is 0 Å². The lowest BCUT2D eigenvalue weighted by Crippen LogP contribution is -2.40. The maximum Gasteiger partial charge on any atom is 0.242 e. The average Bonchev–Trinajstić information content (AvgIpc) is 2.73. The predicted octanol–water partition coefficient (Wildman–Crippen LogP) is 7.16. The lowest BCUT2D eigenvalue weighted by Gasteiger charge is -2.26. The van der Waals surface area contributed by atoms with Crippen LogP contribution in [-0.2, 0) is 4.43 Å². The van der Waals surface area contributed by atoms with Gasteiger partial charge in [0.15, 0.2) is 0 Å². The summed E-state index contributed by atoms with van der Waals surface area (Å²) in [6.07, 6.45) is 4.00. The molecule has 1 heterocycles. The van der Waals surface area contributed by atoms with Crippen LogP contribution in [0.5, 0.6) is 0 Å². The Morgan fingerprint density at radius 2 is 1.28 bits per heavy atom. The van der Waals surface area contributed by atoms with Crippen LogP contribution >= 0.6 is 0 Å². The lowest BCUT2D eigenvalue weighted by molar-refractivity contribution is 0.444. The highest BCUT2D eigenvalue weighted by molar-refractivity contribution is 6.74. The molecular formula is C27H34N2OSi2. The van der Waals surface area contributed by atoms with E-state index >= 15 is 0 Å². The summed E-state index contributed by atoms with van der Waals surface area (Å²) in [5.41, 5.74) is 5.29. The van der Waals surface area contributed by atoms with Gasteiger partial charge in [-0.15, -0.1) is 0 Å². The molecule has 0 fully saturated rings. The molecule has 0 aliphatic heterocycles. The molecule has 0 radical (unpaired) electrons. The third-order valence-electron chi connectivity index (χ3n) is 4.51. The predicted molar refractivity (Wildman–Crippen MR) is 142 cm³/mol. The van der Waals surface area contributed by atoms with Crippen LogP contribution in [0.1, 0.15) is 16.8 Å². The molecule has 0 bridgehead atoms. The first-order valence-corrected chi connectivity index (χ1v) is 18.0. The first-order valence-electron chi connectivity index (χ1n) is 11.1. The second kappa shape index (κ2) is 10.1. The Labute approximate surface area is 195 Å². The summed E-state index contributed by atoms with van der Waals surface area (Å²) in [6, 6.07) is 27.0. The molecule has 1 aromatic heterocycles. The molecule has 0 unspecified atom stereocenters. The van der Waals surface area contributed by atoms with Crippen molar-refractivity contribution in [3.8, 4) is 0 Å². The quantitative estimate of drug-likeness (QED) is 0.221. The molecule has 5 heteroatoms. The highest BCUT2D eigenvalue weighted by Crippen LogP contribution is 2.31. The minimum Gasteiger partial charge on any atom is -0.544 e. The van der Waals surface area contributed by atoms with Crippen LogP contribution in [-0.4, -0.2) is 21.5 Å². The molecule has 0 saturated heterocycles. The van der Waals surface area contributed by atoms with Gasteiger partial charge in [-0.3, -0.25) is 4.98 Å². The van der Waals surface area contributed by atoms with E-state index in [2.05, 4.69) is 110 Å². The van der Waals surface area contributed by atoms with Gasteiger partial charge in [0.05, 0.1) is 11.4 Å². The molecule has 3 aromatic rings. The van der Waals surface area contributed by atoms with Gasteiger partial charge >= 0.3 is 0 Å². The number of rotatable bonds is 8. The number of pyridine rings is 1. The summed E-state index contributed by atoms with van der Waals surface area (Å²) < 4.78 is 6.77. The Kier molecular flexibility index (Phi) is 7.54. The van der Waals surface area contributed by atoms with Gasteiger partial charge in [-0.2, -0.15) is 0 Å². The van der Waals surface area contributed by atoms with Crippen molar-refractivity contribution in [2.24, 2.45) is 0 Å². The number of nitrogens with one attached hydrogen (secondary N) is 1. The van der Waals surface area contributed by atoms with Crippen molar-refractivity contribution < 1.29 is 4.43 Å². The fourth-order valence-electron chi connectivity index (χ4n) is 3.37. The van der Waals surface area contributed by atoms with Gasteiger partial charge in [0.1, 0.15) is 14.0 Å². The van der Waals surface area contributed by atoms with Crippen molar-refractivity contribution in [2.45, 2.75) is 39.3 Å². The van der Waals surface area contributed by atoms with E-state index in [1.807, 2.05) is 30.5 Å². The molecule has 32 heavy (non-hydrogen) atoms. The summed E-state index contributed by atoms with van der Waals surface area (Å²) in [5.74, 6) is 0.882. The van der Waals surface area contributed by atoms with E-state index in [4.69, 9.17) is 4.43 Å². The Balaban J connectivity index is 2.32. The minimum absolute atomic E-state index is 0.882. The molecule has 0 aliphatic carbocycles. The molecule has 2 aromatic carbocycles. The van der Waals surface area contributed by atoms with Gasteiger partial charge in [0, 0.05) is 17.8 Å². The number of allylic oxidation sites excluding steroid dienone is 1. The van der Waals surface area contributed by atoms with Gasteiger partial charge in [-0.1, -0.05) is 86.4 Å². The molecule has 0 aliphatic rings. The fourth-order valence-corrected chi connectivity index (χ4v) is 5.20. The topological polar surface area (TPSA) is 34.1 Å². The van der Waals surface area contributed by atoms with E-state index in [1.165, 1.54) is 0 Å². The monoisotopic (exact) mass is 458 g/mol. The van der Waals surface area contributed by atoms with Crippen molar-refractivity contribution in [3.05, 3.63) is 114 Å². The third kappa shape index (κ3) is 7.07. The molecule has 166 valence electrons. The minimum atomic E-state index is -1.91. The van der Waals surface area contributed by atoms with Crippen LogP contribution in [0.15, 0.2) is 96.9 Å². The average molecular weight is 459 g/mol. The normalized spacial score (nSPS) is 12.2. The van der Waals surface area contributed by atoms with Crippen LogP contribution in [0.4, 0.5) is 0 Å². The van der Waals surface area contributed by atoms with Crippen LogP contribution in [0.2, 0.25) is 39.3 Å². The Bertz CT molecular complexity index is 1020. The SMILES string of the molecule is C[Si](C)(C)N/C(=C\C(O[Si](C)(C)C)=C(c1ccccc1)c1ccccc1)c1ccccn1. The maximum atomic E-state index is 6.77. The number of aromatic nitrogens is 1. The van der Waals surface area contributed by atoms with E-state index < -0.39 is 16.6 Å². The fraction of sp³-hybridized carbons (Fsp3) is 0.222. The summed E-state index contributed by atoms with van der Waals surface area (Å²) in [4.78, 5) is 8.43. The molecule has 0 atom stereocenters. The highest BCUT2D eigenvalue weighted by atomic mass is 28.4. The van der Waals surface area contributed by atoms with Crippen LogP contribution in [0, 0.1) is 0 Å². The highest BCUT2D eigenvalue weighted by Gasteiger charge is 2.23. The number of nitrogens with zero attached hydrogens (tertiary/aromatic N) is 1. The lowest BCUT2D eigenvalue weighted by atomic mass is 9.96. The van der Waals surface area contributed by atoms with Crippen LogP contribution in [0.3, 0.4) is 0 Å². The first-order chi connectivity index (χ1) is 15.1. The molecule has 0 amide bonds. The number of benzene rings is 2. The van der Waals surface area contributed by atoms with Gasteiger partial charge in [-0.25, -0.2) is 0 Å². The standard InChI is InChI=1S/C27H34N2OSi2/c1-31(2,3)29-25(24-19-13-14-20-28-24)21-26(30-32(4,5)6)27(22-15-9-7-10-16-22)23-17-11-8-12-18-23/h7-21,29H,1-6H3/b25-21-. The van der Waals surface area contributed by atoms with Crippen LogP contribution < -0.4 is 4.98 Å². The van der Waals surface area contributed by atoms with Gasteiger partial charge in [-0.05, 0) is 42.9 Å². The second-order valence-corrected chi connectivity index (χ2v) is 19.0. The van der Waals surface area contributed by atoms with E-state index in [-0.39, 0.29) is 0 Å². The van der Waals surface area contributed by atoms with Crippen molar-refractivity contribution in [3.63, 3.8) is 0 Å². The third-order valence-corrected chi connectivity index (χ3v) is 6.37. The van der Waals surface area contributed by atoms with Gasteiger partial charge in [0.25, 0.3) is 0 Å². The Morgan fingerprint density at radius 1 is 0.750 bits per heavy atom. The zero-order chi connectivity index (χ0) is 23.2. The number of hydrogen-bond acceptors (Lipinski definition) is 3. The van der Waals surface area contributed by atoms with Gasteiger partial charge in [0.2, 0.25) is 8.32 Å². The maximum absolute atomic E-state index is 6.77. The first kappa shape index (κ1) is 23.8. The zero-order valence-corrected chi connectivity index (χ0v) is 22.0. The van der Waals surface area contributed by atoms with Gasteiger partial charge < -0.3 is 9.41 Å². The smallest absolute Gasteiger partial charge is 0.242 e. The van der Waals surface area contributed by atoms with E-state index in [0.29, 0.717) is 0 Å². The molecular weight excluding hydrogens is 424 g/mol. The summed E-state index contributed by atoms with van der Waals surface area (Å²) in [5, 5.41) is 0. The van der Waals surface area contributed by atoms with E-state index in [9.17, 15) is 0 Å². The molecule has 1 N–H and O–H groups in total. The molecule has 3 nitrogen and oxygen atoms in total. The zero-order valence-electron chi connectivity index (χ0n) is 20.0. The largest absolute Gasteiger partial charge is 0.544 e. The Morgan fingerprint density at radius 3 is 1.72 bits per heavy atom. The summed E-state index contributed by atoms with van der Waals surface area (Å²) in [6.45, 7) is 13.5. The number of hydrogen-bond donors (Lipinski definition) is 1. The van der Waals surface area contributed by atoms with Crippen molar-refractivity contribution in [1.82, 2.24) is 9.97 Å². The van der Waals surface area contributed by atoms with Crippen molar-refractivity contribution in [2.75, 3.05) is 0 Å². The van der Waals surface area contributed by atoms with E-state index in [1.54, 1.807) is 0 Å². The summed E-state index contributed by atoms with van der Waals surface area (Å²) >= 11 is 0. The Hall–Kier alpha value is -2.90.